The van der Waals surface area contributed by atoms with Gasteiger partial charge in [-0.2, -0.15) is 0 Å². The van der Waals surface area contributed by atoms with Gasteiger partial charge in [0.2, 0.25) is 0 Å². The molecule has 1 aliphatic rings. The number of hydrogen-bond donors (Lipinski definition) is 0. The Morgan fingerprint density at radius 2 is 0.483 bits per heavy atom. The van der Waals surface area contributed by atoms with Crippen molar-refractivity contribution in [1.29, 1.82) is 0 Å². The van der Waals surface area contributed by atoms with Crippen molar-refractivity contribution < 1.29 is 0 Å². The fourth-order valence-electron chi connectivity index (χ4n) is 13.6. The van der Waals surface area contributed by atoms with Gasteiger partial charge in [0.15, 0.2) is 0 Å². The van der Waals surface area contributed by atoms with Crippen LogP contribution in [0.15, 0.2) is 304 Å². The van der Waals surface area contributed by atoms with E-state index in [1.807, 2.05) is 49.1 Å². The van der Waals surface area contributed by atoms with Crippen LogP contribution in [-0.2, 0) is 6.42 Å². The minimum absolute atomic E-state index is 0.863. The van der Waals surface area contributed by atoms with Crippen LogP contribution in [-0.4, -0.2) is 29.1 Å². The standard InChI is InChI=1S/C81H52N6/c1-5-21-64(74-25-9-13-41-82-74)60(17-1)54-31-37-78-70(46-54)71-47-55(61-18-2-6-22-65(61)75-26-10-14-42-83-75)32-38-79(71)86(78)58-35-29-52-45-53-30-36-59(51-69(53)68(52)50-58)87-80-39-33-56(62-19-3-7-23-66(62)76-27-11-15-43-84-76)48-72(80)73-49-57(34-40-81(73)87)63-20-4-8-24-67(63)77-28-12-16-44-85-77/h1-44,46-51H,45H2. The molecule has 0 aliphatic heterocycles. The quantitative estimate of drug-likeness (QED) is 0.137. The SMILES string of the molecule is c1ccc(-c2ccccc2-c2ccc3c(c2)c2cc(-c4ccccc4-c4ccccn4)ccc2n3-c2ccc3c(c2)-c2cc(-n4c5ccc(-c6ccccc6-c6ccccn6)cc5c5cc(-c6ccccc6-c6ccccn6)ccc54)ccc2C3)nc1. The van der Waals surface area contributed by atoms with E-state index in [0.29, 0.717) is 0 Å². The topological polar surface area (TPSA) is 61.4 Å². The molecule has 0 fully saturated rings. The second-order valence-corrected chi connectivity index (χ2v) is 22.5. The van der Waals surface area contributed by atoms with Crippen LogP contribution in [0, 0.1) is 0 Å². The third-order valence-electron chi connectivity index (χ3n) is 17.6. The first-order valence-corrected chi connectivity index (χ1v) is 29.6. The Hall–Kier alpha value is -11.6. The monoisotopic (exact) mass is 1110 g/mol. The molecule has 0 saturated carbocycles. The molecule has 406 valence electrons. The van der Waals surface area contributed by atoms with Gasteiger partial charge >= 0.3 is 0 Å². The fourth-order valence-corrected chi connectivity index (χ4v) is 13.6. The van der Waals surface area contributed by atoms with Crippen molar-refractivity contribution >= 4 is 43.6 Å². The van der Waals surface area contributed by atoms with Gasteiger partial charge in [-0.3, -0.25) is 19.9 Å². The molecule has 6 nitrogen and oxygen atoms in total. The molecule has 6 heteroatoms. The van der Waals surface area contributed by atoms with Crippen LogP contribution in [0.1, 0.15) is 11.1 Å². The number of nitrogens with zero attached hydrogens (tertiary/aromatic N) is 6. The van der Waals surface area contributed by atoms with Crippen LogP contribution in [0.5, 0.6) is 0 Å². The van der Waals surface area contributed by atoms with Crippen LogP contribution in [0.2, 0.25) is 0 Å². The third-order valence-corrected chi connectivity index (χ3v) is 17.6. The predicted molar refractivity (Wildman–Crippen MR) is 358 cm³/mol. The van der Waals surface area contributed by atoms with E-state index in [4.69, 9.17) is 19.9 Å². The normalized spacial score (nSPS) is 11.9. The summed E-state index contributed by atoms with van der Waals surface area (Å²) >= 11 is 0. The maximum atomic E-state index is 4.80. The molecule has 0 amide bonds. The van der Waals surface area contributed by atoms with E-state index in [2.05, 4.69) is 264 Å². The number of aromatic nitrogens is 6. The molecule has 16 aromatic rings. The highest BCUT2D eigenvalue weighted by molar-refractivity contribution is 6.14. The van der Waals surface area contributed by atoms with Gasteiger partial charge < -0.3 is 9.13 Å². The Kier molecular flexibility index (Phi) is 11.8. The zero-order valence-electron chi connectivity index (χ0n) is 47.3. The minimum Gasteiger partial charge on any atom is -0.309 e. The number of fused-ring (bicyclic) bond motifs is 9. The Labute approximate surface area is 503 Å². The van der Waals surface area contributed by atoms with Gasteiger partial charge in [0.1, 0.15) is 0 Å². The lowest BCUT2D eigenvalue weighted by Gasteiger charge is -2.14. The van der Waals surface area contributed by atoms with Crippen molar-refractivity contribution in [3.63, 3.8) is 0 Å². The van der Waals surface area contributed by atoms with Crippen LogP contribution in [0.4, 0.5) is 0 Å². The summed E-state index contributed by atoms with van der Waals surface area (Å²) in [5.41, 5.74) is 29.2. The predicted octanol–water partition coefficient (Wildman–Crippen LogP) is 20.4. The lowest BCUT2D eigenvalue weighted by atomic mass is 9.94. The van der Waals surface area contributed by atoms with Gasteiger partial charge in [-0.1, -0.05) is 158 Å². The van der Waals surface area contributed by atoms with Crippen molar-refractivity contribution in [1.82, 2.24) is 29.1 Å². The Balaban J connectivity index is 0.829. The van der Waals surface area contributed by atoms with Crippen molar-refractivity contribution in [3.05, 3.63) is 315 Å². The number of hydrogen-bond acceptors (Lipinski definition) is 4. The van der Waals surface area contributed by atoms with E-state index in [0.717, 1.165) is 129 Å². The van der Waals surface area contributed by atoms with Crippen molar-refractivity contribution in [2.24, 2.45) is 0 Å². The average Bonchev–Trinajstić information content (AvgIpc) is 1.73. The Bertz CT molecular complexity index is 4740. The lowest BCUT2D eigenvalue weighted by Crippen LogP contribution is -1.96. The molecular formula is C81H52N6. The van der Waals surface area contributed by atoms with Gasteiger partial charge in [-0.15, -0.1) is 0 Å². The van der Waals surface area contributed by atoms with Gasteiger partial charge in [0.25, 0.3) is 0 Å². The first kappa shape index (κ1) is 50.0. The van der Waals surface area contributed by atoms with Crippen LogP contribution < -0.4 is 0 Å². The largest absolute Gasteiger partial charge is 0.309 e. The minimum atomic E-state index is 0.863. The highest BCUT2D eigenvalue weighted by atomic mass is 15.0. The zero-order chi connectivity index (χ0) is 57.4. The first-order valence-electron chi connectivity index (χ1n) is 29.6. The van der Waals surface area contributed by atoms with E-state index in [9.17, 15) is 0 Å². The number of benzene rings is 10. The maximum absolute atomic E-state index is 4.80. The number of rotatable bonds is 10. The van der Waals surface area contributed by atoms with Crippen LogP contribution in [0.3, 0.4) is 0 Å². The van der Waals surface area contributed by atoms with Gasteiger partial charge in [-0.25, -0.2) is 0 Å². The van der Waals surface area contributed by atoms with E-state index >= 15 is 0 Å². The molecular weight excluding hydrogens is 1060 g/mol. The van der Waals surface area contributed by atoms with E-state index in [1.165, 1.54) is 43.8 Å². The Morgan fingerprint density at radius 1 is 0.218 bits per heavy atom. The van der Waals surface area contributed by atoms with E-state index in [1.54, 1.807) is 0 Å². The molecule has 17 rings (SSSR count). The highest BCUT2D eigenvalue weighted by Crippen LogP contribution is 2.46. The second-order valence-electron chi connectivity index (χ2n) is 22.5. The summed E-state index contributed by atoms with van der Waals surface area (Å²) in [5.74, 6) is 0. The van der Waals surface area contributed by atoms with E-state index in [-0.39, 0.29) is 0 Å². The average molecular weight is 1110 g/mol. The molecule has 0 radical (unpaired) electrons. The molecule has 0 spiro atoms. The van der Waals surface area contributed by atoms with Crippen LogP contribution >= 0.6 is 0 Å². The smallest absolute Gasteiger partial charge is 0.0708 e. The second kappa shape index (κ2) is 20.6. The molecule has 10 aromatic carbocycles. The van der Waals surface area contributed by atoms with Gasteiger partial charge in [-0.05, 0) is 195 Å². The highest BCUT2D eigenvalue weighted by Gasteiger charge is 2.25. The van der Waals surface area contributed by atoms with Crippen molar-refractivity contribution in [2.45, 2.75) is 6.42 Å². The van der Waals surface area contributed by atoms with E-state index < -0.39 is 0 Å². The molecule has 0 bridgehead atoms. The van der Waals surface area contributed by atoms with Crippen LogP contribution in [0.25, 0.3) is 156 Å². The zero-order valence-corrected chi connectivity index (χ0v) is 47.3. The molecule has 0 N–H and O–H groups in total. The molecule has 6 aromatic heterocycles. The third kappa shape index (κ3) is 8.48. The van der Waals surface area contributed by atoms with Crippen molar-refractivity contribution in [2.75, 3.05) is 0 Å². The summed E-state index contributed by atoms with van der Waals surface area (Å²) in [5, 5.41) is 4.71. The summed E-state index contributed by atoms with van der Waals surface area (Å²) < 4.78 is 4.94. The summed E-state index contributed by atoms with van der Waals surface area (Å²) in [6, 6.07) is 101. The van der Waals surface area contributed by atoms with Gasteiger partial charge in [0.05, 0.1) is 44.8 Å². The number of pyridine rings is 4. The summed E-state index contributed by atoms with van der Waals surface area (Å²) in [6.45, 7) is 0. The maximum Gasteiger partial charge on any atom is 0.0708 e. The lowest BCUT2D eigenvalue weighted by molar-refractivity contribution is 1.17. The first-order chi connectivity index (χ1) is 43.1. The molecule has 6 heterocycles. The fraction of sp³-hybridized carbons (Fsp3) is 0.0123. The van der Waals surface area contributed by atoms with Crippen molar-refractivity contribution in [3.8, 4) is 112 Å². The molecule has 0 saturated heterocycles. The van der Waals surface area contributed by atoms with Gasteiger partial charge in [0, 0.05) is 80.0 Å². The summed E-state index contributed by atoms with van der Waals surface area (Å²) in [4.78, 5) is 19.2. The molecule has 87 heavy (non-hydrogen) atoms. The summed E-state index contributed by atoms with van der Waals surface area (Å²) in [7, 11) is 0. The Morgan fingerprint density at radius 3 is 0.747 bits per heavy atom. The molecule has 1 aliphatic carbocycles. The molecule has 0 unspecified atom stereocenters. The summed E-state index contributed by atoms with van der Waals surface area (Å²) in [6.07, 6.45) is 8.35. The molecule has 0 atom stereocenters.